The molecule has 0 unspecified atom stereocenters. The van der Waals surface area contributed by atoms with Gasteiger partial charge < -0.3 is 15.5 Å². The maximum Gasteiger partial charge on any atom is 0.263 e. The normalized spacial score (nSPS) is 12.0. The number of amidine groups is 1. The fourth-order valence-electron chi connectivity index (χ4n) is 2.13. The summed E-state index contributed by atoms with van der Waals surface area (Å²) >= 11 is 1.57. The molecular weight excluding hydrogens is 312 g/mol. The molecule has 7 heteroatoms. The van der Waals surface area contributed by atoms with Crippen LogP contribution in [0.3, 0.4) is 0 Å². The largest absolute Gasteiger partial charge is 0.384 e. The minimum absolute atomic E-state index is 0.0616. The molecule has 0 atom stereocenters. The highest BCUT2D eigenvalue weighted by Gasteiger charge is 2.16. The van der Waals surface area contributed by atoms with Crippen LogP contribution < -0.4 is 5.73 Å². The van der Waals surface area contributed by atoms with Crippen molar-refractivity contribution in [2.24, 2.45) is 22.7 Å². The van der Waals surface area contributed by atoms with Gasteiger partial charge in [0.25, 0.3) is 5.91 Å². The summed E-state index contributed by atoms with van der Waals surface area (Å²) in [5.74, 6) is 1.09. The molecule has 130 valence electrons. The molecule has 1 amide bonds. The van der Waals surface area contributed by atoms with Gasteiger partial charge in [0.2, 0.25) is 0 Å². The molecule has 0 radical (unpaired) electrons. The third-order valence-corrected chi connectivity index (χ3v) is 3.74. The molecule has 0 aliphatic rings. The van der Waals surface area contributed by atoms with Gasteiger partial charge in [0.15, 0.2) is 6.61 Å². The van der Waals surface area contributed by atoms with Crippen LogP contribution in [0.25, 0.3) is 0 Å². The van der Waals surface area contributed by atoms with Crippen molar-refractivity contribution in [1.29, 1.82) is 0 Å². The van der Waals surface area contributed by atoms with E-state index in [1.54, 1.807) is 11.3 Å². The van der Waals surface area contributed by atoms with Crippen molar-refractivity contribution in [2.45, 2.75) is 41.0 Å². The monoisotopic (exact) mass is 340 g/mol. The number of hydrogen-bond acceptors (Lipinski definition) is 5. The van der Waals surface area contributed by atoms with Gasteiger partial charge in [-0.05, 0) is 18.8 Å². The van der Waals surface area contributed by atoms with Gasteiger partial charge in [-0.15, -0.1) is 11.3 Å². The van der Waals surface area contributed by atoms with Crippen molar-refractivity contribution in [3.05, 3.63) is 16.1 Å². The summed E-state index contributed by atoms with van der Waals surface area (Å²) < 4.78 is 0. The van der Waals surface area contributed by atoms with E-state index in [0.29, 0.717) is 24.1 Å². The molecule has 0 bridgehead atoms. The van der Waals surface area contributed by atoms with Crippen molar-refractivity contribution >= 4 is 23.1 Å². The van der Waals surface area contributed by atoms with E-state index in [1.165, 1.54) is 0 Å². The maximum absolute atomic E-state index is 12.2. The number of carbonyl (C=O) groups excluding carboxylic acids is 1. The summed E-state index contributed by atoms with van der Waals surface area (Å²) in [7, 11) is 0. The summed E-state index contributed by atoms with van der Waals surface area (Å²) in [4.78, 5) is 23.5. The Labute approximate surface area is 142 Å². The zero-order valence-electron chi connectivity index (χ0n) is 14.7. The molecule has 1 heterocycles. The van der Waals surface area contributed by atoms with Crippen LogP contribution in [0, 0.1) is 18.8 Å². The lowest BCUT2D eigenvalue weighted by Gasteiger charge is -2.25. The molecule has 1 aromatic heterocycles. The van der Waals surface area contributed by atoms with Gasteiger partial charge in [0, 0.05) is 18.5 Å². The highest BCUT2D eigenvalue weighted by Crippen LogP contribution is 2.08. The second-order valence-electron chi connectivity index (χ2n) is 6.48. The lowest BCUT2D eigenvalue weighted by Crippen LogP contribution is -2.39. The Morgan fingerprint density at radius 1 is 1.35 bits per heavy atom. The van der Waals surface area contributed by atoms with Gasteiger partial charge in [-0.25, -0.2) is 4.98 Å². The predicted octanol–water partition coefficient (Wildman–Crippen LogP) is 2.42. The molecule has 0 saturated carbocycles. The summed E-state index contributed by atoms with van der Waals surface area (Å²) in [6.45, 7) is 11.7. The van der Waals surface area contributed by atoms with Gasteiger partial charge in [0.05, 0.1) is 17.1 Å². The van der Waals surface area contributed by atoms with Gasteiger partial charge in [-0.3, -0.25) is 4.79 Å². The number of amides is 1. The molecule has 0 aliphatic carbocycles. The molecule has 1 rings (SSSR count). The molecule has 0 aromatic carbocycles. The second-order valence-corrected chi connectivity index (χ2v) is 7.54. The number of nitrogens with zero attached hydrogens (tertiary/aromatic N) is 3. The van der Waals surface area contributed by atoms with E-state index >= 15 is 0 Å². The topological polar surface area (TPSA) is 80.8 Å². The number of thiazole rings is 1. The van der Waals surface area contributed by atoms with Crippen LogP contribution in [0.4, 0.5) is 0 Å². The van der Waals surface area contributed by atoms with Crippen molar-refractivity contribution in [1.82, 2.24) is 9.88 Å². The average molecular weight is 340 g/mol. The Hall–Kier alpha value is -1.63. The number of aromatic nitrogens is 1. The van der Waals surface area contributed by atoms with Crippen LogP contribution in [0.1, 0.15) is 38.4 Å². The molecule has 0 spiro atoms. The first kappa shape index (κ1) is 19.4. The van der Waals surface area contributed by atoms with Crippen LogP contribution in [0.2, 0.25) is 0 Å². The van der Waals surface area contributed by atoms with Crippen molar-refractivity contribution < 1.29 is 9.63 Å². The summed E-state index contributed by atoms with van der Waals surface area (Å²) in [6, 6.07) is 0. The standard InChI is InChI=1S/C16H28N4O2S/c1-11(2)7-20(8-12(3)4)16(21)9-22-19-15(17)6-14-10-23-13(5)18-14/h10-12H,6-9H2,1-5H3,(H2,17,19). The van der Waals surface area contributed by atoms with E-state index in [0.717, 1.165) is 23.8 Å². The highest BCUT2D eigenvalue weighted by atomic mass is 32.1. The smallest absolute Gasteiger partial charge is 0.263 e. The van der Waals surface area contributed by atoms with E-state index in [2.05, 4.69) is 37.8 Å². The first-order valence-corrected chi connectivity index (χ1v) is 8.79. The van der Waals surface area contributed by atoms with E-state index in [-0.39, 0.29) is 12.5 Å². The SMILES string of the molecule is Cc1nc(CC(N)=NOCC(=O)N(CC(C)C)CC(C)C)cs1. The first-order valence-electron chi connectivity index (χ1n) is 7.91. The molecule has 1 aromatic rings. The number of hydrogen-bond donors (Lipinski definition) is 1. The Morgan fingerprint density at radius 2 is 1.96 bits per heavy atom. The Balaban J connectivity index is 2.47. The lowest BCUT2D eigenvalue weighted by atomic mass is 10.1. The Kier molecular flexibility index (Phi) is 8.02. The third kappa shape index (κ3) is 7.97. The minimum atomic E-state index is -0.0871. The highest BCUT2D eigenvalue weighted by molar-refractivity contribution is 7.09. The molecular formula is C16H28N4O2S. The number of rotatable bonds is 9. The molecule has 23 heavy (non-hydrogen) atoms. The van der Waals surface area contributed by atoms with Crippen molar-refractivity contribution in [3.8, 4) is 0 Å². The second kappa shape index (κ2) is 9.50. The van der Waals surface area contributed by atoms with Gasteiger partial charge in [0.1, 0.15) is 5.84 Å². The maximum atomic E-state index is 12.2. The minimum Gasteiger partial charge on any atom is -0.384 e. The summed E-state index contributed by atoms with van der Waals surface area (Å²) in [6.07, 6.45) is 0.431. The zero-order valence-corrected chi connectivity index (χ0v) is 15.5. The third-order valence-electron chi connectivity index (χ3n) is 2.92. The van der Waals surface area contributed by atoms with Crippen LogP contribution in [0.5, 0.6) is 0 Å². The average Bonchev–Trinajstić information content (AvgIpc) is 2.82. The Morgan fingerprint density at radius 3 is 2.43 bits per heavy atom. The van der Waals surface area contributed by atoms with E-state index < -0.39 is 0 Å². The number of aryl methyl sites for hydroxylation is 1. The molecule has 0 saturated heterocycles. The molecule has 0 aliphatic heterocycles. The zero-order chi connectivity index (χ0) is 17.4. The Bertz CT molecular complexity index is 516. The van der Waals surface area contributed by atoms with Crippen LogP contribution in [-0.4, -0.2) is 41.3 Å². The number of oxime groups is 1. The van der Waals surface area contributed by atoms with Crippen molar-refractivity contribution in [3.63, 3.8) is 0 Å². The molecule has 2 N–H and O–H groups in total. The number of nitrogens with two attached hydrogens (primary N) is 1. The van der Waals surface area contributed by atoms with Crippen LogP contribution >= 0.6 is 11.3 Å². The van der Waals surface area contributed by atoms with Gasteiger partial charge in [-0.2, -0.15) is 0 Å². The summed E-state index contributed by atoms with van der Waals surface area (Å²) in [5, 5.41) is 6.75. The van der Waals surface area contributed by atoms with Gasteiger partial charge >= 0.3 is 0 Å². The van der Waals surface area contributed by atoms with Crippen molar-refractivity contribution in [2.75, 3.05) is 19.7 Å². The van der Waals surface area contributed by atoms with Crippen LogP contribution in [0.15, 0.2) is 10.5 Å². The first-order chi connectivity index (χ1) is 10.8. The predicted molar refractivity (Wildman–Crippen MR) is 94.4 cm³/mol. The van der Waals surface area contributed by atoms with E-state index in [4.69, 9.17) is 10.6 Å². The lowest BCUT2D eigenvalue weighted by molar-refractivity contribution is -0.137. The fourth-order valence-corrected chi connectivity index (χ4v) is 2.74. The van der Waals surface area contributed by atoms with Crippen LogP contribution in [-0.2, 0) is 16.1 Å². The molecule has 0 fully saturated rings. The fraction of sp³-hybridized carbons (Fsp3) is 0.688. The van der Waals surface area contributed by atoms with Gasteiger partial charge in [-0.1, -0.05) is 32.9 Å². The number of carbonyl (C=O) groups is 1. The van der Waals surface area contributed by atoms with E-state index in [1.807, 2.05) is 17.2 Å². The summed E-state index contributed by atoms with van der Waals surface area (Å²) in [5.41, 5.74) is 6.67. The van der Waals surface area contributed by atoms with E-state index in [9.17, 15) is 4.79 Å². The quantitative estimate of drug-likeness (QED) is 0.425. The molecule has 6 nitrogen and oxygen atoms in total.